The van der Waals surface area contributed by atoms with Gasteiger partial charge in [-0.1, -0.05) is 24.3 Å². The van der Waals surface area contributed by atoms with E-state index in [4.69, 9.17) is 10.1 Å². The Morgan fingerprint density at radius 2 is 1.73 bits per heavy atom. The van der Waals surface area contributed by atoms with Gasteiger partial charge in [-0.2, -0.15) is 0 Å². The van der Waals surface area contributed by atoms with Crippen LogP contribution in [0.3, 0.4) is 0 Å². The Labute approximate surface area is 129 Å². The standard InChI is InChI=1S/C15H21N3O4/c1-15(2,3)22-13(19)17-9-10-5-7-11(8-6-10)12(16)18-14(20)21-4/h5-8H,9H2,1-4H3,(H,17,19)(H2,16,18,20). The van der Waals surface area contributed by atoms with E-state index in [0.29, 0.717) is 12.1 Å². The topological polar surface area (TPSA) is 101 Å². The minimum absolute atomic E-state index is 0.0569. The fourth-order valence-electron chi connectivity index (χ4n) is 1.50. The average molecular weight is 307 g/mol. The highest BCUT2D eigenvalue weighted by atomic mass is 16.6. The summed E-state index contributed by atoms with van der Waals surface area (Å²) in [5.41, 5.74) is 0.842. The Morgan fingerprint density at radius 3 is 2.23 bits per heavy atom. The zero-order valence-electron chi connectivity index (χ0n) is 13.1. The van der Waals surface area contributed by atoms with Crippen molar-refractivity contribution in [2.45, 2.75) is 32.9 Å². The van der Waals surface area contributed by atoms with Gasteiger partial charge in [-0.05, 0) is 26.3 Å². The summed E-state index contributed by atoms with van der Waals surface area (Å²) in [6.07, 6.45) is -1.18. The fraction of sp³-hybridized carbons (Fsp3) is 0.400. The van der Waals surface area contributed by atoms with Gasteiger partial charge in [0.2, 0.25) is 0 Å². The number of ether oxygens (including phenoxy) is 2. The zero-order chi connectivity index (χ0) is 16.8. The predicted molar refractivity (Wildman–Crippen MR) is 81.9 cm³/mol. The molecule has 7 heteroatoms. The maximum atomic E-state index is 11.5. The van der Waals surface area contributed by atoms with Crippen LogP contribution in [0.25, 0.3) is 0 Å². The third-order valence-corrected chi connectivity index (χ3v) is 2.49. The molecule has 0 aliphatic carbocycles. The first kappa shape index (κ1) is 17.5. The number of alkyl carbamates (subject to hydrolysis) is 2. The molecule has 7 nitrogen and oxygen atoms in total. The number of amidine groups is 1. The SMILES string of the molecule is COC(=O)NC(=N)c1ccc(CNC(=O)OC(C)(C)C)cc1. The summed E-state index contributed by atoms with van der Waals surface area (Å²) in [6, 6.07) is 6.84. The number of amides is 2. The van der Waals surface area contributed by atoms with Crippen LogP contribution in [0.5, 0.6) is 0 Å². The third kappa shape index (κ3) is 6.25. The molecule has 0 bridgehead atoms. The first-order valence-corrected chi connectivity index (χ1v) is 6.71. The van der Waals surface area contributed by atoms with Crippen molar-refractivity contribution in [1.29, 1.82) is 5.41 Å². The molecule has 0 unspecified atom stereocenters. The number of carbonyl (C=O) groups excluding carboxylic acids is 2. The van der Waals surface area contributed by atoms with Gasteiger partial charge in [0.15, 0.2) is 0 Å². The van der Waals surface area contributed by atoms with Crippen molar-refractivity contribution >= 4 is 18.0 Å². The van der Waals surface area contributed by atoms with Gasteiger partial charge in [0.05, 0.1) is 7.11 Å². The number of benzene rings is 1. The molecule has 1 rings (SSSR count). The van der Waals surface area contributed by atoms with Crippen molar-refractivity contribution < 1.29 is 19.1 Å². The number of methoxy groups -OCH3 is 1. The van der Waals surface area contributed by atoms with Crippen LogP contribution in [0.15, 0.2) is 24.3 Å². The van der Waals surface area contributed by atoms with Gasteiger partial charge in [0.25, 0.3) is 0 Å². The summed E-state index contributed by atoms with van der Waals surface area (Å²) in [7, 11) is 1.23. The van der Waals surface area contributed by atoms with Gasteiger partial charge in [-0.3, -0.25) is 10.7 Å². The van der Waals surface area contributed by atoms with Crippen molar-refractivity contribution in [3.05, 3.63) is 35.4 Å². The molecule has 0 aromatic heterocycles. The highest BCUT2D eigenvalue weighted by Crippen LogP contribution is 2.08. The summed E-state index contributed by atoms with van der Waals surface area (Å²) in [5, 5.41) is 12.6. The molecule has 1 aromatic carbocycles. The second kappa shape index (κ2) is 7.44. The van der Waals surface area contributed by atoms with E-state index >= 15 is 0 Å². The summed E-state index contributed by atoms with van der Waals surface area (Å²) in [4.78, 5) is 22.6. The zero-order valence-corrected chi connectivity index (χ0v) is 13.1. The molecule has 2 amide bonds. The summed E-state index contributed by atoms with van der Waals surface area (Å²) >= 11 is 0. The number of rotatable bonds is 3. The molecular weight excluding hydrogens is 286 g/mol. The van der Waals surface area contributed by atoms with Crippen molar-refractivity contribution in [3.8, 4) is 0 Å². The lowest BCUT2D eigenvalue weighted by Crippen LogP contribution is -2.32. The molecule has 0 fully saturated rings. The first-order valence-electron chi connectivity index (χ1n) is 6.71. The number of carbonyl (C=O) groups is 2. The second-order valence-electron chi connectivity index (χ2n) is 5.54. The van der Waals surface area contributed by atoms with E-state index in [1.165, 1.54) is 7.11 Å². The maximum absolute atomic E-state index is 11.5. The molecule has 0 saturated carbocycles. The molecule has 0 saturated heterocycles. The van der Waals surface area contributed by atoms with E-state index in [0.717, 1.165) is 5.56 Å². The van der Waals surface area contributed by atoms with Crippen LogP contribution in [-0.2, 0) is 16.0 Å². The maximum Gasteiger partial charge on any atom is 0.412 e. The molecule has 0 aliphatic rings. The molecule has 3 N–H and O–H groups in total. The number of hydrogen-bond acceptors (Lipinski definition) is 5. The van der Waals surface area contributed by atoms with Crippen LogP contribution in [0, 0.1) is 5.41 Å². The highest BCUT2D eigenvalue weighted by Gasteiger charge is 2.15. The number of hydrogen-bond donors (Lipinski definition) is 3. The molecule has 0 atom stereocenters. The van der Waals surface area contributed by atoms with Gasteiger partial charge in [0.1, 0.15) is 11.4 Å². The van der Waals surface area contributed by atoms with Gasteiger partial charge in [-0.15, -0.1) is 0 Å². The lowest BCUT2D eigenvalue weighted by molar-refractivity contribution is 0.0523. The van der Waals surface area contributed by atoms with Gasteiger partial charge in [0, 0.05) is 12.1 Å². The Balaban J connectivity index is 2.53. The number of nitrogens with one attached hydrogen (secondary N) is 3. The van der Waals surface area contributed by atoms with Crippen LogP contribution < -0.4 is 10.6 Å². The molecule has 120 valence electrons. The molecule has 0 radical (unpaired) electrons. The van der Waals surface area contributed by atoms with E-state index in [1.807, 2.05) is 0 Å². The Hall–Kier alpha value is -2.57. The van der Waals surface area contributed by atoms with Crippen LogP contribution >= 0.6 is 0 Å². The monoisotopic (exact) mass is 307 g/mol. The molecule has 1 aromatic rings. The van der Waals surface area contributed by atoms with Gasteiger partial charge >= 0.3 is 12.2 Å². The molecule has 0 spiro atoms. The van der Waals surface area contributed by atoms with Crippen LogP contribution in [-0.4, -0.2) is 30.7 Å². The Morgan fingerprint density at radius 1 is 1.14 bits per heavy atom. The summed E-state index contributed by atoms with van der Waals surface area (Å²) in [5.74, 6) is -0.0569. The largest absolute Gasteiger partial charge is 0.453 e. The van der Waals surface area contributed by atoms with E-state index in [9.17, 15) is 9.59 Å². The normalized spacial score (nSPS) is 10.5. The minimum atomic E-state index is -0.694. The van der Waals surface area contributed by atoms with E-state index < -0.39 is 17.8 Å². The van der Waals surface area contributed by atoms with E-state index in [2.05, 4.69) is 15.4 Å². The van der Waals surface area contributed by atoms with Crippen LogP contribution in [0.1, 0.15) is 31.9 Å². The predicted octanol–water partition coefficient (Wildman–Crippen LogP) is 2.39. The highest BCUT2D eigenvalue weighted by molar-refractivity contribution is 6.04. The van der Waals surface area contributed by atoms with E-state index in [-0.39, 0.29) is 5.84 Å². The first-order chi connectivity index (χ1) is 10.2. The minimum Gasteiger partial charge on any atom is -0.453 e. The molecule has 0 aliphatic heterocycles. The third-order valence-electron chi connectivity index (χ3n) is 2.49. The second-order valence-corrected chi connectivity index (χ2v) is 5.54. The fourth-order valence-corrected chi connectivity index (χ4v) is 1.50. The average Bonchev–Trinajstić information content (AvgIpc) is 2.43. The van der Waals surface area contributed by atoms with Gasteiger partial charge in [-0.25, -0.2) is 9.59 Å². The lowest BCUT2D eigenvalue weighted by atomic mass is 10.1. The summed E-state index contributed by atoms with van der Waals surface area (Å²) < 4.78 is 9.55. The molecule has 0 heterocycles. The smallest absolute Gasteiger partial charge is 0.412 e. The lowest BCUT2D eigenvalue weighted by Gasteiger charge is -2.19. The molecular formula is C15H21N3O4. The van der Waals surface area contributed by atoms with Crippen molar-refractivity contribution in [2.24, 2.45) is 0 Å². The van der Waals surface area contributed by atoms with Crippen LogP contribution in [0.2, 0.25) is 0 Å². The Bertz CT molecular complexity index is 547. The van der Waals surface area contributed by atoms with Gasteiger partial charge < -0.3 is 14.8 Å². The van der Waals surface area contributed by atoms with E-state index in [1.54, 1.807) is 45.0 Å². The van der Waals surface area contributed by atoms with Crippen LogP contribution in [0.4, 0.5) is 9.59 Å². The Kier molecular flexibility index (Phi) is 5.91. The van der Waals surface area contributed by atoms with Crippen molar-refractivity contribution in [2.75, 3.05) is 7.11 Å². The van der Waals surface area contributed by atoms with Crippen molar-refractivity contribution in [1.82, 2.24) is 10.6 Å². The van der Waals surface area contributed by atoms with Crippen molar-refractivity contribution in [3.63, 3.8) is 0 Å². The quantitative estimate of drug-likeness (QED) is 0.589. The summed E-state index contributed by atoms with van der Waals surface area (Å²) in [6.45, 7) is 5.69. The molecule has 22 heavy (non-hydrogen) atoms.